The van der Waals surface area contributed by atoms with Crippen LogP contribution >= 0.6 is 12.0 Å². The van der Waals surface area contributed by atoms with E-state index in [2.05, 4.69) is 53.8 Å². The molecule has 0 amide bonds. The van der Waals surface area contributed by atoms with Gasteiger partial charge in [-0.25, -0.2) is 0 Å². The Morgan fingerprint density at radius 1 is 1.07 bits per heavy atom. The number of fused-ring (bicyclic) bond motifs is 1. The van der Waals surface area contributed by atoms with Crippen LogP contribution in [0.5, 0.6) is 5.75 Å². The summed E-state index contributed by atoms with van der Waals surface area (Å²) in [5, 5.41) is 0.191. The fourth-order valence-electron chi connectivity index (χ4n) is 3.25. The summed E-state index contributed by atoms with van der Waals surface area (Å²) < 4.78 is 18.2. The lowest BCUT2D eigenvalue weighted by atomic mass is 9.93. The lowest BCUT2D eigenvalue weighted by molar-refractivity contribution is -0.0770. The Morgan fingerprint density at radius 3 is 2.37 bits per heavy atom. The highest BCUT2D eigenvalue weighted by molar-refractivity contribution is 7.98. The molecule has 0 saturated carbocycles. The maximum Gasteiger partial charge on any atom is 0.192 e. The normalized spacial score (nSPS) is 30.9. The third-order valence-electron chi connectivity index (χ3n) is 6.03. The molecule has 150 valence electrons. The Labute approximate surface area is 168 Å². The average molecular weight is 409 g/mol. The van der Waals surface area contributed by atoms with Gasteiger partial charge in [-0.1, -0.05) is 58.9 Å². The molecule has 4 nitrogen and oxygen atoms in total. The predicted octanol–water partition coefficient (Wildman–Crippen LogP) is 5.97. The zero-order chi connectivity index (χ0) is 19.8. The molecule has 1 aromatic carbocycles. The summed E-state index contributed by atoms with van der Waals surface area (Å²) in [5.41, 5.74) is 0. The van der Waals surface area contributed by atoms with Gasteiger partial charge in [-0.05, 0) is 30.3 Å². The molecular formula is C21H32O4SSi. The van der Waals surface area contributed by atoms with Crippen LogP contribution in [-0.4, -0.2) is 26.6 Å². The highest BCUT2D eigenvalue weighted by atomic mass is 32.2. The molecular weight excluding hydrogens is 376 g/mol. The molecule has 1 aliphatic heterocycles. The third kappa shape index (κ3) is 4.80. The van der Waals surface area contributed by atoms with Crippen molar-refractivity contribution >= 4 is 20.4 Å². The van der Waals surface area contributed by atoms with E-state index in [1.54, 1.807) is 0 Å². The standard InChI is InChI=1S/C21H32O4SSi/c1-14-13-17(26-25-23-16-11-9-8-10-12-16)20-19(22-20)15(2)18(14)24-27(6,7)21(3,4)5/h8-15,18-20H,1-7H3/t14-,15+,18+,19+,20-/m0/s1. The molecule has 0 aromatic heterocycles. The van der Waals surface area contributed by atoms with Gasteiger partial charge in [0, 0.05) is 16.7 Å². The van der Waals surface area contributed by atoms with E-state index in [1.807, 2.05) is 30.3 Å². The number of ether oxygens (including phenoxy) is 1. The molecule has 1 fully saturated rings. The van der Waals surface area contributed by atoms with Gasteiger partial charge in [-0.3, -0.25) is 0 Å². The minimum atomic E-state index is -1.85. The summed E-state index contributed by atoms with van der Waals surface area (Å²) in [5.74, 6) is 1.34. The Balaban J connectivity index is 1.66. The minimum absolute atomic E-state index is 0.0971. The van der Waals surface area contributed by atoms with Gasteiger partial charge in [0.1, 0.15) is 6.10 Å². The number of hydrogen-bond donors (Lipinski definition) is 0. The lowest BCUT2D eigenvalue weighted by Crippen LogP contribution is -2.47. The molecule has 6 heteroatoms. The fraction of sp³-hybridized carbons (Fsp3) is 0.619. The first kappa shape index (κ1) is 20.9. The number of rotatable bonds is 6. The second kappa shape index (κ2) is 7.91. The average Bonchev–Trinajstić information content (AvgIpc) is 3.38. The van der Waals surface area contributed by atoms with Gasteiger partial charge in [0.2, 0.25) is 0 Å². The van der Waals surface area contributed by atoms with Crippen molar-refractivity contribution < 1.29 is 18.4 Å². The minimum Gasteiger partial charge on any atom is -0.413 e. The predicted molar refractivity (Wildman–Crippen MR) is 113 cm³/mol. The van der Waals surface area contributed by atoms with E-state index in [4.69, 9.17) is 18.4 Å². The van der Waals surface area contributed by atoms with Crippen molar-refractivity contribution in [3.8, 4) is 5.75 Å². The molecule has 0 unspecified atom stereocenters. The molecule has 1 aliphatic carbocycles. The summed E-state index contributed by atoms with van der Waals surface area (Å²) in [6.45, 7) is 16.0. The highest BCUT2D eigenvalue weighted by Crippen LogP contribution is 2.48. The van der Waals surface area contributed by atoms with E-state index in [-0.39, 0.29) is 23.4 Å². The van der Waals surface area contributed by atoms with Crippen molar-refractivity contribution in [3.63, 3.8) is 0 Å². The zero-order valence-corrected chi connectivity index (χ0v) is 19.2. The summed E-state index contributed by atoms with van der Waals surface area (Å²) >= 11 is 1.26. The van der Waals surface area contributed by atoms with Crippen LogP contribution in [0.25, 0.3) is 0 Å². The quantitative estimate of drug-likeness (QED) is 0.191. The van der Waals surface area contributed by atoms with Gasteiger partial charge in [-0.2, -0.15) is 0 Å². The molecule has 27 heavy (non-hydrogen) atoms. The van der Waals surface area contributed by atoms with Gasteiger partial charge in [-0.15, -0.1) is 4.33 Å². The van der Waals surface area contributed by atoms with Crippen LogP contribution in [0.15, 0.2) is 41.3 Å². The van der Waals surface area contributed by atoms with Gasteiger partial charge >= 0.3 is 0 Å². The van der Waals surface area contributed by atoms with Crippen LogP contribution < -0.4 is 4.89 Å². The Kier molecular flexibility index (Phi) is 6.13. The van der Waals surface area contributed by atoms with Crippen LogP contribution in [0.4, 0.5) is 0 Å². The van der Waals surface area contributed by atoms with Crippen LogP contribution in [0.2, 0.25) is 18.1 Å². The topological polar surface area (TPSA) is 40.2 Å². The zero-order valence-electron chi connectivity index (χ0n) is 17.4. The molecule has 0 N–H and O–H groups in total. The van der Waals surface area contributed by atoms with Crippen molar-refractivity contribution in [2.75, 3.05) is 0 Å². The van der Waals surface area contributed by atoms with Crippen molar-refractivity contribution in [2.45, 2.75) is 71.1 Å². The van der Waals surface area contributed by atoms with Gasteiger partial charge < -0.3 is 14.1 Å². The summed E-state index contributed by atoms with van der Waals surface area (Å²) in [4.78, 5) is 6.45. The van der Waals surface area contributed by atoms with E-state index in [0.29, 0.717) is 17.6 Å². The van der Waals surface area contributed by atoms with Crippen LogP contribution in [-0.2, 0) is 13.5 Å². The largest absolute Gasteiger partial charge is 0.413 e. The smallest absolute Gasteiger partial charge is 0.192 e. The van der Waals surface area contributed by atoms with Gasteiger partial charge in [0.15, 0.2) is 14.1 Å². The summed E-state index contributed by atoms with van der Waals surface area (Å²) in [7, 11) is -1.85. The molecule has 0 spiro atoms. The summed E-state index contributed by atoms with van der Waals surface area (Å²) in [6, 6.07) is 9.52. The van der Waals surface area contributed by atoms with Crippen molar-refractivity contribution in [3.05, 3.63) is 41.3 Å². The van der Waals surface area contributed by atoms with Crippen molar-refractivity contribution in [1.29, 1.82) is 0 Å². The molecule has 0 radical (unpaired) electrons. The van der Waals surface area contributed by atoms with Crippen molar-refractivity contribution in [2.24, 2.45) is 11.8 Å². The molecule has 3 rings (SSSR count). The van der Waals surface area contributed by atoms with E-state index in [9.17, 15) is 0 Å². The van der Waals surface area contributed by atoms with E-state index in [0.717, 1.165) is 4.91 Å². The first-order valence-electron chi connectivity index (χ1n) is 9.71. The number of para-hydroxylation sites is 1. The molecule has 5 atom stereocenters. The number of epoxide rings is 1. The Morgan fingerprint density at radius 2 is 1.74 bits per heavy atom. The molecule has 2 aliphatic rings. The monoisotopic (exact) mass is 408 g/mol. The van der Waals surface area contributed by atoms with E-state index in [1.165, 1.54) is 12.0 Å². The van der Waals surface area contributed by atoms with Crippen LogP contribution in [0.3, 0.4) is 0 Å². The van der Waals surface area contributed by atoms with Crippen molar-refractivity contribution in [1.82, 2.24) is 0 Å². The molecule has 1 saturated heterocycles. The van der Waals surface area contributed by atoms with Crippen LogP contribution in [0.1, 0.15) is 34.6 Å². The van der Waals surface area contributed by atoms with Crippen LogP contribution in [0, 0.1) is 11.8 Å². The molecule has 0 bridgehead atoms. The number of benzene rings is 1. The molecule has 1 heterocycles. The Hall–Kier alpha value is -0.793. The first-order chi connectivity index (χ1) is 12.6. The second-order valence-electron chi connectivity index (χ2n) is 9.20. The highest BCUT2D eigenvalue weighted by Gasteiger charge is 2.53. The summed E-state index contributed by atoms with van der Waals surface area (Å²) in [6.07, 6.45) is 2.70. The first-order valence-corrected chi connectivity index (χ1v) is 13.4. The maximum atomic E-state index is 6.80. The maximum absolute atomic E-state index is 6.80. The van der Waals surface area contributed by atoms with Gasteiger partial charge in [0.25, 0.3) is 0 Å². The Bertz CT molecular complexity index is 671. The lowest BCUT2D eigenvalue weighted by Gasteiger charge is -2.42. The second-order valence-corrected chi connectivity index (χ2v) is 14.7. The SMILES string of the molecule is C[C@H]1[C@H]2O[C@H]2C(SOOc2ccccc2)=C[C@H](C)[C@H]1O[Si](C)(C)C(C)(C)C. The number of hydrogen-bond acceptors (Lipinski definition) is 5. The van der Waals surface area contributed by atoms with Gasteiger partial charge in [0.05, 0.1) is 24.3 Å². The third-order valence-corrected chi connectivity index (χ3v) is 11.2. The van der Waals surface area contributed by atoms with E-state index < -0.39 is 8.32 Å². The molecule has 1 aromatic rings. The van der Waals surface area contributed by atoms with E-state index >= 15 is 0 Å². The fourth-order valence-corrected chi connectivity index (χ4v) is 5.45.